The molecule has 0 aliphatic rings. The van der Waals surface area contributed by atoms with E-state index in [0.717, 1.165) is 25.3 Å². The van der Waals surface area contributed by atoms with Crippen LogP contribution in [0.4, 0.5) is 8.78 Å². The molecule has 0 aliphatic heterocycles. The van der Waals surface area contributed by atoms with Crippen LogP contribution < -0.4 is 0 Å². The Morgan fingerprint density at radius 1 is 0.889 bits per heavy atom. The van der Waals surface area contributed by atoms with E-state index < -0.39 is 11.6 Å². The molecule has 0 fully saturated rings. The zero-order chi connectivity index (χ0) is 12.5. The minimum atomic E-state index is -0.495. The summed E-state index contributed by atoms with van der Waals surface area (Å²) in [5.41, 5.74) is 0.639. The van der Waals surface area contributed by atoms with Crippen molar-refractivity contribution >= 4 is 0 Å². The molecule has 0 atom stereocenters. The Balaban J connectivity index is 0.00000289. The third-order valence-electron chi connectivity index (χ3n) is 3.06. The molecule has 0 nitrogen and oxygen atoms in total. The average molecular weight is 288 g/mol. The van der Waals surface area contributed by atoms with Crippen molar-refractivity contribution in [2.45, 2.75) is 58.3 Å². The van der Waals surface area contributed by atoms with Crippen LogP contribution in [0.1, 0.15) is 57.4 Å². The van der Waals surface area contributed by atoms with E-state index in [1.807, 2.05) is 0 Å². The zero-order valence-electron chi connectivity index (χ0n) is 11.1. The molecule has 1 rings (SSSR count). The van der Waals surface area contributed by atoms with E-state index in [4.69, 9.17) is 0 Å². The summed E-state index contributed by atoms with van der Waals surface area (Å²) in [5.74, 6) is -0.901. The molecule has 0 unspecified atom stereocenters. The Bertz CT molecular complexity index is 326. The van der Waals surface area contributed by atoms with Gasteiger partial charge < -0.3 is 0 Å². The Morgan fingerprint density at radius 3 is 2.11 bits per heavy atom. The standard InChI is InChI=1S/C15H22F2.Ti/c1-2-3-4-5-6-7-8-9-13-10-11-14(16)12-15(13)17;/h10-12H,2-9H2,1H3;. The summed E-state index contributed by atoms with van der Waals surface area (Å²) < 4.78 is 26.0. The molecule has 0 N–H and O–H groups in total. The van der Waals surface area contributed by atoms with Gasteiger partial charge in [-0.3, -0.25) is 0 Å². The maximum absolute atomic E-state index is 13.3. The van der Waals surface area contributed by atoms with Gasteiger partial charge in [-0.15, -0.1) is 0 Å². The molecule has 1 aromatic carbocycles. The van der Waals surface area contributed by atoms with Crippen LogP contribution in [0, 0.1) is 11.6 Å². The van der Waals surface area contributed by atoms with E-state index in [0.29, 0.717) is 5.56 Å². The summed E-state index contributed by atoms with van der Waals surface area (Å²) >= 11 is 0. The van der Waals surface area contributed by atoms with E-state index >= 15 is 0 Å². The van der Waals surface area contributed by atoms with Crippen molar-refractivity contribution in [2.24, 2.45) is 0 Å². The van der Waals surface area contributed by atoms with Gasteiger partial charge in [-0.25, -0.2) is 8.78 Å². The fourth-order valence-corrected chi connectivity index (χ4v) is 2.00. The molecule has 0 heterocycles. The smallest absolute Gasteiger partial charge is 0.129 e. The van der Waals surface area contributed by atoms with Gasteiger partial charge in [0.2, 0.25) is 0 Å². The van der Waals surface area contributed by atoms with Crippen LogP contribution in [0.3, 0.4) is 0 Å². The second-order valence-electron chi connectivity index (χ2n) is 4.61. The second-order valence-corrected chi connectivity index (χ2v) is 4.61. The molecular weight excluding hydrogens is 266 g/mol. The SMILES string of the molecule is CCCCCCCCCc1ccc(F)cc1F.[Ti]. The van der Waals surface area contributed by atoms with Crippen molar-refractivity contribution in [3.63, 3.8) is 0 Å². The fourth-order valence-electron chi connectivity index (χ4n) is 2.00. The maximum atomic E-state index is 13.3. The van der Waals surface area contributed by atoms with E-state index in [1.165, 1.54) is 38.2 Å². The van der Waals surface area contributed by atoms with Gasteiger partial charge in [-0.2, -0.15) is 0 Å². The van der Waals surface area contributed by atoms with Gasteiger partial charge in [-0.1, -0.05) is 51.5 Å². The average Bonchev–Trinajstić information content (AvgIpc) is 2.30. The first-order chi connectivity index (χ1) is 8.24. The summed E-state index contributed by atoms with van der Waals surface area (Å²) in [6, 6.07) is 3.86. The Labute approximate surface area is 124 Å². The summed E-state index contributed by atoms with van der Waals surface area (Å²) in [4.78, 5) is 0. The van der Waals surface area contributed by atoms with E-state index in [1.54, 1.807) is 6.07 Å². The van der Waals surface area contributed by atoms with Crippen molar-refractivity contribution in [3.05, 3.63) is 35.4 Å². The molecule has 0 radical (unpaired) electrons. The molecular formula is C15H22F2Ti. The Kier molecular flexibility index (Phi) is 10.6. The summed E-state index contributed by atoms with van der Waals surface area (Å²) in [7, 11) is 0. The Morgan fingerprint density at radius 2 is 1.50 bits per heavy atom. The van der Waals surface area contributed by atoms with Gasteiger partial charge >= 0.3 is 0 Å². The molecule has 0 saturated carbocycles. The van der Waals surface area contributed by atoms with Crippen LogP contribution in [0.25, 0.3) is 0 Å². The molecule has 0 aliphatic carbocycles. The van der Waals surface area contributed by atoms with E-state index in [-0.39, 0.29) is 21.7 Å². The molecule has 18 heavy (non-hydrogen) atoms. The number of unbranched alkanes of at least 4 members (excludes halogenated alkanes) is 6. The van der Waals surface area contributed by atoms with Gasteiger partial charge in [-0.05, 0) is 24.5 Å². The van der Waals surface area contributed by atoms with Gasteiger partial charge in [0.25, 0.3) is 0 Å². The minimum Gasteiger partial charge on any atom is -0.207 e. The van der Waals surface area contributed by atoms with Crippen molar-refractivity contribution in [1.82, 2.24) is 0 Å². The third-order valence-corrected chi connectivity index (χ3v) is 3.06. The van der Waals surface area contributed by atoms with Crippen molar-refractivity contribution in [2.75, 3.05) is 0 Å². The second kappa shape index (κ2) is 10.7. The van der Waals surface area contributed by atoms with Crippen LogP contribution in [0.2, 0.25) is 0 Å². The number of rotatable bonds is 8. The predicted octanol–water partition coefficient (Wildman–Crippen LogP) is 5.26. The van der Waals surface area contributed by atoms with Crippen LogP contribution in [-0.4, -0.2) is 0 Å². The van der Waals surface area contributed by atoms with Gasteiger partial charge in [0.05, 0.1) is 0 Å². The summed E-state index contributed by atoms with van der Waals surface area (Å²) in [5, 5.41) is 0. The fraction of sp³-hybridized carbons (Fsp3) is 0.600. The monoisotopic (exact) mass is 288 g/mol. The third kappa shape index (κ3) is 7.28. The van der Waals surface area contributed by atoms with Crippen LogP contribution in [0.15, 0.2) is 18.2 Å². The van der Waals surface area contributed by atoms with E-state index in [9.17, 15) is 8.78 Å². The first-order valence-electron chi connectivity index (χ1n) is 6.68. The van der Waals surface area contributed by atoms with Crippen LogP contribution in [0.5, 0.6) is 0 Å². The predicted molar refractivity (Wildman–Crippen MR) is 68.1 cm³/mol. The zero-order valence-corrected chi connectivity index (χ0v) is 12.7. The summed E-state index contributed by atoms with van der Waals surface area (Å²) in [6.07, 6.45) is 9.24. The van der Waals surface area contributed by atoms with Crippen molar-refractivity contribution in [3.8, 4) is 0 Å². The molecule has 3 heteroatoms. The first kappa shape index (κ1) is 17.8. The normalized spacial score (nSPS) is 10.2. The first-order valence-corrected chi connectivity index (χ1v) is 6.68. The van der Waals surface area contributed by atoms with Gasteiger partial charge in [0, 0.05) is 27.8 Å². The Hall–Kier alpha value is -0.206. The molecule has 0 spiro atoms. The quantitative estimate of drug-likeness (QED) is 0.452. The van der Waals surface area contributed by atoms with Gasteiger partial charge in [0.15, 0.2) is 0 Å². The number of halogens is 2. The van der Waals surface area contributed by atoms with Crippen LogP contribution >= 0.6 is 0 Å². The topological polar surface area (TPSA) is 0 Å². The van der Waals surface area contributed by atoms with Gasteiger partial charge in [0.1, 0.15) is 11.6 Å². The van der Waals surface area contributed by atoms with Crippen molar-refractivity contribution in [1.29, 1.82) is 0 Å². The molecule has 0 bridgehead atoms. The van der Waals surface area contributed by atoms with E-state index in [2.05, 4.69) is 6.92 Å². The molecule has 0 amide bonds. The maximum Gasteiger partial charge on any atom is 0.129 e. The summed E-state index contributed by atoms with van der Waals surface area (Å²) in [6.45, 7) is 2.21. The molecule has 0 saturated heterocycles. The molecule has 1 aromatic rings. The number of aryl methyl sites for hydroxylation is 1. The minimum absolute atomic E-state index is 0. The molecule has 100 valence electrons. The number of hydrogen-bond donors (Lipinski definition) is 0. The largest absolute Gasteiger partial charge is 0.207 e. The van der Waals surface area contributed by atoms with Crippen molar-refractivity contribution < 1.29 is 30.5 Å². The number of hydrogen-bond acceptors (Lipinski definition) is 0. The number of benzene rings is 1. The molecule has 0 aromatic heterocycles. The van der Waals surface area contributed by atoms with Crippen LogP contribution in [-0.2, 0) is 28.1 Å².